The average molecular weight is 268 g/mol. The average Bonchev–Trinajstić information content (AvgIpc) is 2.79. The summed E-state index contributed by atoms with van der Waals surface area (Å²) in [4.78, 5) is 28.7. The van der Waals surface area contributed by atoms with Gasteiger partial charge in [-0.25, -0.2) is 9.78 Å². The number of ether oxygens (including phenoxy) is 1. The number of carboxylic acid groups (broad SMARTS) is 1. The number of nitrogens with zero attached hydrogens (tertiary/aromatic N) is 2. The maximum Gasteiger partial charge on any atom is 0.334 e. The Morgan fingerprint density at radius 3 is 2.84 bits per heavy atom. The van der Waals surface area contributed by atoms with Crippen molar-refractivity contribution >= 4 is 11.9 Å². The molecule has 1 N–H and O–H groups in total. The van der Waals surface area contributed by atoms with Gasteiger partial charge in [0.05, 0.1) is 18.8 Å². The molecule has 7 heteroatoms. The number of aryl methyl sites for hydroxylation is 2. The molecule has 1 aliphatic heterocycles. The van der Waals surface area contributed by atoms with Crippen LogP contribution in [0.2, 0.25) is 0 Å². The maximum absolute atomic E-state index is 12.3. The van der Waals surface area contributed by atoms with E-state index in [0.717, 1.165) is 0 Å². The topological polar surface area (TPSA) is 92.9 Å². The predicted molar refractivity (Wildman–Crippen MR) is 63.9 cm³/mol. The quantitative estimate of drug-likeness (QED) is 0.856. The van der Waals surface area contributed by atoms with Crippen LogP contribution >= 0.6 is 0 Å². The highest BCUT2D eigenvalue weighted by molar-refractivity contribution is 5.93. The molecule has 1 aromatic rings. The van der Waals surface area contributed by atoms with Crippen LogP contribution in [0.1, 0.15) is 29.1 Å². The molecule has 1 aromatic heterocycles. The molecule has 7 nitrogen and oxygen atoms in total. The largest absolute Gasteiger partial charge is 0.479 e. The SMILES string of the molecule is CCc1nc(C)c(C(=O)N2CCO[C@H](C(=O)O)C2)o1. The zero-order valence-electron chi connectivity index (χ0n) is 10.9. The highest BCUT2D eigenvalue weighted by atomic mass is 16.5. The van der Waals surface area contributed by atoms with Crippen molar-refractivity contribution in [1.82, 2.24) is 9.88 Å². The van der Waals surface area contributed by atoms with Crippen molar-refractivity contribution < 1.29 is 23.8 Å². The van der Waals surface area contributed by atoms with E-state index in [9.17, 15) is 9.59 Å². The van der Waals surface area contributed by atoms with Crippen LogP contribution in [-0.2, 0) is 16.0 Å². The number of morpholine rings is 1. The van der Waals surface area contributed by atoms with E-state index < -0.39 is 12.1 Å². The molecule has 2 heterocycles. The number of amides is 1. The highest BCUT2D eigenvalue weighted by Gasteiger charge is 2.31. The third kappa shape index (κ3) is 2.76. The number of carbonyl (C=O) groups is 2. The van der Waals surface area contributed by atoms with Crippen LogP contribution in [0.5, 0.6) is 0 Å². The van der Waals surface area contributed by atoms with Gasteiger partial charge in [0.2, 0.25) is 5.76 Å². The van der Waals surface area contributed by atoms with E-state index in [1.807, 2.05) is 6.92 Å². The van der Waals surface area contributed by atoms with Gasteiger partial charge in [-0.2, -0.15) is 0 Å². The zero-order valence-corrected chi connectivity index (χ0v) is 10.9. The van der Waals surface area contributed by atoms with Crippen molar-refractivity contribution in [3.05, 3.63) is 17.3 Å². The molecular formula is C12H16N2O5. The van der Waals surface area contributed by atoms with Gasteiger partial charge in [-0.15, -0.1) is 0 Å². The highest BCUT2D eigenvalue weighted by Crippen LogP contribution is 2.16. The van der Waals surface area contributed by atoms with Crippen molar-refractivity contribution in [2.45, 2.75) is 26.4 Å². The molecule has 0 aromatic carbocycles. The van der Waals surface area contributed by atoms with Crippen molar-refractivity contribution in [3.8, 4) is 0 Å². The molecule has 104 valence electrons. The molecule has 19 heavy (non-hydrogen) atoms. The molecule has 0 spiro atoms. The van der Waals surface area contributed by atoms with Crippen LogP contribution < -0.4 is 0 Å². The van der Waals surface area contributed by atoms with Gasteiger partial charge in [-0.1, -0.05) is 6.92 Å². The first-order chi connectivity index (χ1) is 9.02. The van der Waals surface area contributed by atoms with Crippen LogP contribution in [-0.4, -0.2) is 52.7 Å². The Bertz CT molecular complexity index is 496. The number of carboxylic acids is 1. The normalized spacial score (nSPS) is 19.5. The smallest absolute Gasteiger partial charge is 0.334 e. The molecular weight excluding hydrogens is 252 g/mol. The Kier molecular flexibility index (Phi) is 3.84. The minimum absolute atomic E-state index is 0.0236. The molecule has 0 saturated carbocycles. The van der Waals surface area contributed by atoms with Crippen LogP contribution in [0.4, 0.5) is 0 Å². The molecule has 0 bridgehead atoms. The summed E-state index contributed by atoms with van der Waals surface area (Å²) in [5.74, 6) is -0.716. The van der Waals surface area contributed by atoms with Gasteiger partial charge in [-0.05, 0) is 6.92 Å². The van der Waals surface area contributed by atoms with E-state index in [1.54, 1.807) is 6.92 Å². The molecule has 0 unspecified atom stereocenters. The summed E-state index contributed by atoms with van der Waals surface area (Å²) in [6.45, 7) is 4.16. The second-order valence-corrected chi connectivity index (χ2v) is 4.32. The molecule has 1 aliphatic rings. The van der Waals surface area contributed by atoms with Gasteiger partial charge in [0.1, 0.15) is 0 Å². The summed E-state index contributed by atoms with van der Waals surface area (Å²) in [5.41, 5.74) is 0.528. The van der Waals surface area contributed by atoms with Crippen LogP contribution in [0.3, 0.4) is 0 Å². The molecule has 1 atom stereocenters. The third-order valence-electron chi connectivity index (χ3n) is 2.97. The maximum atomic E-state index is 12.3. The van der Waals surface area contributed by atoms with E-state index in [2.05, 4.69) is 4.98 Å². The molecule has 0 radical (unpaired) electrons. The first-order valence-electron chi connectivity index (χ1n) is 6.13. The van der Waals surface area contributed by atoms with Gasteiger partial charge < -0.3 is 19.2 Å². The zero-order chi connectivity index (χ0) is 14.0. The lowest BCUT2D eigenvalue weighted by molar-refractivity contribution is -0.154. The number of hydrogen-bond donors (Lipinski definition) is 1. The van der Waals surface area contributed by atoms with Crippen molar-refractivity contribution in [1.29, 1.82) is 0 Å². The number of aliphatic carboxylic acids is 1. The molecule has 1 fully saturated rings. The molecule has 0 aliphatic carbocycles. The van der Waals surface area contributed by atoms with Gasteiger partial charge in [-0.3, -0.25) is 4.79 Å². The minimum Gasteiger partial charge on any atom is -0.479 e. The summed E-state index contributed by atoms with van der Waals surface area (Å²) in [7, 11) is 0. The van der Waals surface area contributed by atoms with Crippen LogP contribution in [0, 0.1) is 6.92 Å². The number of carbonyl (C=O) groups excluding carboxylic acids is 1. The van der Waals surface area contributed by atoms with E-state index in [0.29, 0.717) is 24.6 Å². The Balaban J connectivity index is 2.14. The summed E-state index contributed by atoms with van der Waals surface area (Å²) < 4.78 is 10.5. The monoisotopic (exact) mass is 268 g/mol. The predicted octanol–water partition coefficient (Wildman–Crippen LogP) is 0.471. The lowest BCUT2D eigenvalue weighted by atomic mass is 10.2. The molecule has 1 saturated heterocycles. The summed E-state index contributed by atoms with van der Waals surface area (Å²) in [5, 5.41) is 8.91. The van der Waals surface area contributed by atoms with Gasteiger partial charge >= 0.3 is 5.97 Å². The lowest BCUT2D eigenvalue weighted by Gasteiger charge is -2.30. The van der Waals surface area contributed by atoms with Gasteiger partial charge in [0.15, 0.2) is 12.0 Å². The number of oxazole rings is 1. The standard InChI is InChI=1S/C12H16N2O5/c1-3-9-13-7(2)10(19-9)11(15)14-4-5-18-8(6-14)12(16)17/h8H,3-6H2,1-2H3,(H,16,17)/t8-/m0/s1. The fraction of sp³-hybridized carbons (Fsp3) is 0.583. The fourth-order valence-electron chi connectivity index (χ4n) is 1.93. The summed E-state index contributed by atoms with van der Waals surface area (Å²) >= 11 is 0. The number of hydrogen-bond acceptors (Lipinski definition) is 5. The summed E-state index contributed by atoms with van der Waals surface area (Å²) in [6.07, 6.45) is -0.374. The van der Waals surface area contributed by atoms with Crippen LogP contribution in [0.25, 0.3) is 0 Å². The molecule has 1 amide bonds. The third-order valence-corrected chi connectivity index (χ3v) is 2.97. The van der Waals surface area contributed by atoms with E-state index in [4.69, 9.17) is 14.3 Å². The second-order valence-electron chi connectivity index (χ2n) is 4.32. The van der Waals surface area contributed by atoms with Crippen molar-refractivity contribution in [3.63, 3.8) is 0 Å². The van der Waals surface area contributed by atoms with E-state index >= 15 is 0 Å². The Morgan fingerprint density at radius 1 is 1.53 bits per heavy atom. The first kappa shape index (κ1) is 13.5. The summed E-state index contributed by atoms with van der Waals surface area (Å²) in [6, 6.07) is 0. The van der Waals surface area contributed by atoms with Gasteiger partial charge in [0.25, 0.3) is 5.91 Å². The second kappa shape index (κ2) is 5.40. The van der Waals surface area contributed by atoms with Crippen molar-refractivity contribution in [2.24, 2.45) is 0 Å². The van der Waals surface area contributed by atoms with E-state index in [-0.39, 0.29) is 24.8 Å². The van der Waals surface area contributed by atoms with Gasteiger partial charge in [0, 0.05) is 13.0 Å². The number of aromatic nitrogens is 1. The lowest BCUT2D eigenvalue weighted by Crippen LogP contribution is -2.48. The fourth-order valence-corrected chi connectivity index (χ4v) is 1.93. The number of rotatable bonds is 3. The van der Waals surface area contributed by atoms with E-state index in [1.165, 1.54) is 4.90 Å². The Morgan fingerprint density at radius 2 is 2.26 bits per heavy atom. The van der Waals surface area contributed by atoms with Crippen LogP contribution in [0.15, 0.2) is 4.42 Å². The van der Waals surface area contributed by atoms with Crippen molar-refractivity contribution in [2.75, 3.05) is 19.7 Å². The minimum atomic E-state index is -1.07. The Hall–Kier alpha value is -1.89. The molecule has 2 rings (SSSR count). The Labute approximate surface area is 110 Å². The first-order valence-corrected chi connectivity index (χ1v) is 6.13.